The Morgan fingerprint density at radius 3 is 3.05 bits per heavy atom. The number of hydrogen-bond donors (Lipinski definition) is 2. The highest BCUT2D eigenvalue weighted by atomic mass is 35.5. The van der Waals surface area contributed by atoms with Crippen molar-refractivity contribution in [1.29, 1.82) is 0 Å². The number of aliphatic hydroxyl groups is 1. The van der Waals surface area contributed by atoms with E-state index in [1.807, 2.05) is 19.1 Å². The van der Waals surface area contributed by atoms with Gasteiger partial charge in [0, 0.05) is 30.2 Å². The second-order valence-electron chi connectivity index (χ2n) is 5.40. The van der Waals surface area contributed by atoms with Crippen LogP contribution in [-0.2, 0) is 4.79 Å². The Bertz CT molecular complexity index is 465. The number of likely N-dealkylation sites (tertiary alicyclic amines) is 1. The molecule has 1 amide bonds. The summed E-state index contributed by atoms with van der Waals surface area (Å²) in [6.45, 7) is 4.40. The Labute approximate surface area is 124 Å². The summed E-state index contributed by atoms with van der Waals surface area (Å²) < 4.78 is 0. The summed E-state index contributed by atoms with van der Waals surface area (Å²) in [5, 5.41) is 13.0. The van der Waals surface area contributed by atoms with E-state index in [4.69, 9.17) is 11.6 Å². The molecule has 2 N–H and O–H groups in total. The van der Waals surface area contributed by atoms with Crippen LogP contribution in [0.4, 0.5) is 5.69 Å². The normalized spacial score (nSPS) is 20.9. The lowest BCUT2D eigenvalue weighted by molar-refractivity contribution is -0.116. The van der Waals surface area contributed by atoms with Gasteiger partial charge in [-0.15, -0.1) is 0 Å². The molecule has 20 heavy (non-hydrogen) atoms. The van der Waals surface area contributed by atoms with Gasteiger partial charge in [-0.1, -0.05) is 17.7 Å². The standard InChI is InChI=1S/C15H21ClN2O2/c1-11(19)12-5-7-18(10-12)8-6-15(20)17-14-4-2-3-13(16)9-14/h2-4,9,11-12,19H,5-8,10H2,1H3,(H,17,20). The van der Waals surface area contributed by atoms with Gasteiger partial charge in [0.05, 0.1) is 6.10 Å². The molecule has 1 aromatic rings. The number of hydrogen-bond acceptors (Lipinski definition) is 3. The molecular formula is C15H21ClN2O2. The number of halogens is 1. The van der Waals surface area contributed by atoms with Gasteiger partial charge in [-0.3, -0.25) is 4.79 Å². The molecule has 1 heterocycles. The van der Waals surface area contributed by atoms with E-state index in [2.05, 4.69) is 10.2 Å². The van der Waals surface area contributed by atoms with E-state index >= 15 is 0 Å². The minimum atomic E-state index is -0.264. The minimum Gasteiger partial charge on any atom is -0.393 e. The molecular weight excluding hydrogens is 276 g/mol. The van der Waals surface area contributed by atoms with Crippen LogP contribution in [0.3, 0.4) is 0 Å². The highest BCUT2D eigenvalue weighted by Gasteiger charge is 2.25. The molecule has 4 nitrogen and oxygen atoms in total. The maximum atomic E-state index is 11.9. The first kappa shape index (κ1) is 15.3. The zero-order valence-corrected chi connectivity index (χ0v) is 12.4. The molecule has 0 aromatic heterocycles. The number of carbonyl (C=O) groups excluding carboxylic acids is 1. The summed E-state index contributed by atoms with van der Waals surface area (Å²) in [4.78, 5) is 14.1. The number of aliphatic hydroxyl groups excluding tert-OH is 1. The van der Waals surface area contributed by atoms with Crippen molar-refractivity contribution in [2.24, 2.45) is 5.92 Å². The molecule has 1 aliphatic heterocycles. The molecule has 2 rings (SSSR count). The van der Waals surface area contributed by atoms with Gasteiger partial charge in [0.2, 0.25) is 5.91 Å². The molecule has 2 unspecified atom stereocenters. The fourth-order valence-corrected chi connectivity index (χ4v) is 2.70. The van der Waals surface area contributed by atoms with Crippen molar-refractivity contribution >= 4 is 23.2 Å². The maximum Gasteiger partial charge on any atom is 0.225 e. The third-order valence-electron chi connectivity index (χ3n) is 3.75. The topological polar surface area (TPSA) is 52.6 Å². The van der Waals surface area contributed by atoms with Crippen LogP contribution in [0.1, 0.15) is 19.8 Å². The van der Waals surface area contributed by atoms with Crippen LogP contribution in [0.2, 0.25) is 5.02 Å². The van der Waals surface area contributed by atoms with Gasteiger partial charge >= 0.3 is 0 Å². The van der Waals surface area contributed by atoms with Gasteiger partial charge in [-0.25, -0.2) is 0 Å². The van der Waals surface area contributed by atoms with Gasteiger partial charge in [0.15, 0.2) is 0 Å². The molecule has 2 atom stereocenters. The van der Waals surface area contributed by atoms with E-state index < -0.39 is 0 Å². The van der Waals surface area contributed by atoms with Gasteiger partial charge < -0.3 is 15.3 Å². The van der Waals surface area contributed by atoms with Crippen LogP contribution in [0.5, 0.6) is 0 Å². The highest BCUT2D eigenvalue weighted by molar-refractivity contribution is 6.30. The number of carbonyl (C=O) groups is 1. The predicted molar refractivity (Wildman–Crippen MR) is 80.9 cm³/mol. The third kappa shape index (κ3) is 4.47. The van der Waals surface area contributed by atoms with Crippen LogP contribution in [0, 0.1) is 5.92 Å². The monoisotopic (exact) mass is 296 g/mol. The van der Waals surface area contributed by atoms with Gasteiger partial charge in [0.25, 0.3) is 0 Å². The third-order valence-corrected chi connectivity index (χ3v) is 3.99. The summed E-state index contributed by atoms with van der Waals surface area (Å²) in [5.74, 6) is 0.332. The largest absolute Gasteiger partial charge is 0.393 e. The van der Waals surface area contributed by atoms with E-state index in [9.17, 15) is 9.90 Å². The molecule has 1 fully saturated rings. The first-order valence-electron chi connectivity index (χ1n) is 7.00. The Hall–Kier alpha value is -1.10. The van der Waals surface area contributed by atoms with Crippen molar-refractivity contribution in [2.45, 2.75) is 25.9 Å². The smallest absolute Gasteiger partial charge is 0.225 e. The predicted octanol–water partition coefficient (Wildman–Crippen LogP) is 2.37. The van der Waals surface area contributed by atoms with Crippen LogP contribution >= 0.6 is 11.6 Å². The average Bonchev–Trinajstić information content (AvgIpc) is 2.85. The van der Waals surface area contributed by atoms with E-state index in [0.717, 1.165) is 31.7 Å². The molecule has 0 radical (unpaired) electrons. The van der Waals surface area contributed by atoms with E-state index in [1.54, 1.807) is 12.1 Å². The van der Waals surface area contributed by atoms with Crippen molar-refractivity contribution in [3.8, 4) is 0 Å². The number of amides is 1. The SMILES string of the molecule is CC(O)C1CCN(CCC(=O)Nc2cccc(Cl)c2)C1. The molecule has 0 saturated carbocycles. The number of rotatable bonds is 5. The highest BCUT2D eigenvalue weighted by Crippen LogP contribution is 2.20. The van der Waals surface area contributed by atoms with Crippen molar-refractivity contribution in [3.05, 3.63) is 29.3 Å². The molecule has 1 aliphatic rings. The molecule has 0 aliphatic carbocycles. The summed E-state index contributed by atoms with van der Waals surface area (Å²) in [5.41, 5.74) is 0.728. The minimum absolute atomic E-state index is 0.00670. The zero-order chi connectivity index (χ0) is 14.5. The second kappa shape index (κ2) is 7.07. The van der Waals surface area contributed by atoms with Crippen molar-refractivity contribution in [1.82, 2.24) is 4.90 Å². The lowest BCUT2D eigenvalue weighted by Gasteiger charge is -2.17. The number of benzene rings is 1. The molecule has 1 saturated heterocycles. The van der Waals surface area contributed by atoms with Crippen molar-refractivity contribution in [2.75, 3.05) is 25.0 Å². The molecule has 110 valence electrons. The Balaban J connectivity index is 1.73. The van der Waals surface area contributed by atoms with E-state index in [-0.39, 0.29) is 12.0 Å². The first-order valence-corrected chi connectivity index (χ1v) is 7.38. The number of nitrogens with zero attached hydrogens (tertiary/aromatic N) is 1. The van der Waals surface area contributed by atoms with Crippen LogP contribution in [-0.4, -0.2) is 41.7 Å². The van der Waals surface area contributed by atoms with Crippen molar-refractivity contribution in [3.63, 3.8) is 0 Å². The molecule has 1 aromatic carbocycles. The summed E-state index contributed by atoms with van der Waals surface area (Å²) >= 11 is 5.87. The van der Waals surface area contributed by atoms with Crippen molar-refractivity contribution < 1.29 is 9.90 Å². The van der Waals surface area contributed by atoms with Gasteiger partial charge in [0.1, 0.15) is 0 Å². The molecule has 5 heteroatoms. The average molecular weight is 297 g/mol. The fourth-order valence-electron chi connectivity index (χ4n) is 2.51. The summed E-state index contributed by atoms with van der Waals surface area (Å²) in [6.07, 6.45) is 1.20. The first-order chi connectivity index (χ1) is 9.54. The zero-order valence-electron chi connectivity index (χ0n) is 11.7. The second-order valence-corrected chi connectivity index (χ2v) is 5.83. The van der Waals surface area contributed by atoms with E-state index in [1.165, 1.54) is 0 Å². The Morgan fingerprint density at radius 1 is 1.60 bits per heavy atom. The summed E-state index contributed by atoms with van der Waals surface area (Å²) in [7, 11) is 0. The lowest BCUT2D eigenvalue weighted by Crippen LogP contribution is -2.27. The van der Waals surface area contributed by atoms with Gasteiger partial charge in [-0.05, 0) is 44.0 Å². The molecule has 0 spiro atoms. The van der Waals surface area contributed by atoms with E-state index in [0.29, 0.717) is 17.4 Å². The number of nitrogens with one attached hydrogen (secondary N) is 1. The fraction of sp³-hybridized carbons (Fsp3) is 0.533. The summed E-state index contributed by atoms with van der Waals surface area (Å²) in [6, 6.07) is 7.14. The number of anilines is 1. The van der Waals surface area contributed by atoms with Crippen LogP contribution < -0.4 is 5.32 Å². The molecule has 0 bridgehead atoms. The quantitative estimate of drug-likeness (QED) is 0.877. The van der Waals surface area contributed by atoms with Gasteiger partial charge in [-0.2, -0.15) is 0 Å². The Morgan fingerprint density at radius 2 is 2.40 bits per heavy atom. The maximum absolute atomic E-state index is 11.9. The Kier molecular flexibility index (Phi) is 5.40. The van der Waals surface area contributed by atoms with Crippen LogP contribution in [0.15, 0.2) is 24.3 Å². The van der Waals surface area contributed by atoms with Crippen LogP contribution in [0.25, 0.3) is 0 Å². The lowest BCUT2D eigenvalue weighted by atomic mass is 10.0.